The Bertz CT molecular complexity index is 1230. The second kappa shape index (κ2) is 13.2. The minimum Gasteiger partial charge on any atom is -0.480 e. The van der Waals surface area contributed by atoms with Crippen molar-refractivity contribution in [1.29, 1.82) is 0 Å². The van der Waals surface area contributed by atoms with Crippen LogP contribution in [0.5, 0.6) is 5.75 Å². The summed E-state index contributed by atoms with van der Waals surface area (Å²) in [7, 11) is 0. The van der Waals surface area contributed by atoms with Crippen LogP contribution in [0.15, 0.2) is 120 Å². The zero-order chi connectivity index (χ0) is 27.7. The molecular weight excluding hydrogens is 536 g/mol. The molecule has 0 saturated heterocycles. The molecule has 0 saturated carbocycles. The first-order valence-corrected chi connectivity index (χ1v) is 14.5. The second-order valence-corrected chi connectivity index (χ2v) is 10.9. The highest BCUT2D eigenvalue weighted by Gasteiger charge is 2.39. The topological polar surface area (TPSA) is 58.6 Å². The number of ether oxygens (including phenoxy) is 1. The van der Waals surface area contributed by atoms with Gasteiger partial charge in [-0.25, -0.2) is 0 Å². The molecular formula is C31H29F2NO3S2. The van der Waals surface area contributed by atoms with Gasteiger partial charge in [0.05, 0.1) is 4.75 Å². The molecule has 1 atom stereocenters. The van der Waals surface area contributed by atoms with Gasteiger partial charge in [0.2, 0.25) is 0 Å². The van der Waals surface area contributed by atoms with Gasteiger partial charge in [-0.3, -0.25) is 10.1 Å². The Morgan fingerprint density at radius 3 is 1.69 bits per heavy atom. The number of thioether (sulfide) groups is 2. The fraction of sp³-hybridized carbons (Fsp3) is 0.194. The first-order chi connectivity index (χ1) is 18.8. The molecule has 0 aliphatic heterocycles. The zero-order valence-electron chi connectivity index (χ0n) is 21.3. The summed E-state index contributed by atoms with van der Waals surface area (Å²) in [4.78, 5) is 13.1. The zero-order valence-corrected chi connectivity index (χ0v) is 22.9. The number of benzene rings is 4. The summed E-state index contributed by atoms with van der Waals surface area (Å²) in [5.74, 6) is -1.19. The van der Waals surface area contributed by atoms with Gasteiger partial charge in [0.15, 0.2) is 0 Å². The number of halogens is 2. The lowest BCUT2D eigenvalue weighted by Crippen LogP contribution is -2.47. The molecule has 0 spiro atoms. The van der Waals surface area contributed by atoms with Crippen molar-refractivity contribution in [2.75, 3.05) is 18.6 Å². The van der Waals surface area contributed by atoms with E-state index >= 15 is 0 Å². The first-order valence-electron chi connectivity index (χ1n) is 12.3. The lowest BCUT2D eigenvalue weighted by atomic mass is 9.84. The Morgan fingerprint density at radius 1 is 0.821 bits per heavy atom. The molecule has 4 rings (SSSR count). The Morgan fingerprint density at radius 2 is 1.28 bits per heavy atom. The molecule has 4 aromatic rings. The van der Waals surface area contributed by atoms with Crippen molar-refractivity contribution in [1.82, 2.24) is 5.32 Å². The Labute approximate surface area is 235 Å². The summed E-state index contributed by atoms with van der Waals surface area (Å²) in [5, 5.41) is 12.5. The van der Waals surface area contributed by atoms with Crippen molar-refractivity contribution < 1.29 is 23.4 Å². The summed E-state index contributed by atoms with van der Waals surface area (Å²) >= 11 is 2.88. The third-order valence-corrected chi connectivity index (χ3v) is 8.57. The van der Waals surface area contributed by atoms with Gasteiger partial charge in [-0.2, -0.15) is 8.78 Å². The molecule has 1 unspecified atom stereocenters. The van der Waals surface area contributed by atoms with Crippen LogP contribution in [0, 0.1) is 0 Å². The first kappa shape index (κ1) is 28.7. The molecule has 4 aromatic carbocycles. The molecule has 0 aliphatic carbocycles. The Balaban J connectivity index is 1.58. The molecule has 0 bridgehead atoms. The van der Waals surface area contributed by atoms with E-state index in [1.165, 1.54) is 35.7 Å². The Hall–Kier alpha value is -3.33. The van der Waals surface area contributed by atoms with E-state index < -0.39 is 29.4 Å². The maximum absolute atomic E-state index is 14.7. The van der Waals surface area contributed by atoms with Crippen molar-refractivity contribution in [2.45, 2.75) is 21.8 Å². The fourth-order valence-electron chi connectivity index (χ4n) is 4.29. The third-order valence-electron chi connectivity index (χ3n) is 6.19. The van der Waals surface area contributed by atoms with E-state index in [1.807, 2.05) is 97.3 Å². The Kier molecular flexibility index (Phi) is 9.67. The number of nitrogens with one attached hydrogen (secondary N) is 1. The van der Waals surface area contributed by atoms with Crippen LogP contribution in [-0.4, -0.2) is 41.8 Å². The maximum atomic E-state index is 14.7. The van der Waals surface area contributed by atoms with E-state index in [0.29, 0.717) is 0 Å². The molecule has 0 heterocycles. The molecule has 39 heavy (non-hydrogen) atoms. The summed E-state index contributed by atoms with van der Waals surface area (Å²) in [5.41, 5.74) is 2.87. The quantitative estimate of drug-likeness (QED) is 0.133. The van der Waals surface area contributed by atoms with Gasteiger partial charge >= 0.3 is 12.1 Å². The molecule has 0 fully saturated rings. The molecule has 0 aliphatic rings. The smallest absolute Gasteiger partial charge is 0.410 e. The minimum atomic E-state index is -3.60. The molecule has 8 heteroatoms. The number of hydrogen-bond donors (Lipinski definition) is 2. The summed E-state index contributed by atoms with van der Waals surface area (Å²) in [6.45, 7) is -0.955. The van der Waals surface area contributed by atoms with Crippen LogP contribution in [0.1, 0.15) is 16.7 Å². The van der Waals surface area contributed by atoms with E-state index in [1.54, 1.807) is 12.1 Å². The third kappa shape index (κ3) is 7.20. The van der Waals surface area contributed by atoms with Gasteiger partial charge < -0.3 is 9.84 Å². The van der Waals surface area contributed by atoms with Crippen LogP contribution in [0.25, 0.3) is 0 Å². The highest BCUT2D eigenvalue weighted by Crippen LogP contribution is 2.48. The van der Waals surface area contributed by atoms with Crippen molar-refractivity contribution in [3.05, 3.63) is 132 Å². The van der Waals surface area contributed by atoms with Gasteiger partial charge in [-0.05, 0) is 47.2 Å². The maximum Gasteiger partial charge on any atom is 0.410 e. The van der Waals surface area contributed by atoms with Crippen LogP contribution in [-0.2, 0) is 9.54 Å². The summed E-state index contributed by atoms with van der Waals surface area (Å²) in [6.07, 6.45) is -1.71. The number of aliphatic carboxylic acids is 1. The van der Waals surface area contributed by atoms with Crippen LogP contribution in [0.4, 0.5) is 8.78 Å². The van der Waals surface area contributed by atoms with E-state index in [0.717, 1.165) is 21.6 Å². The van der Waals surface area contributed by atoms with Crippen LogP contribution < -0.4 is 10.1 Å². The van der Waals surface area contributed by atoms with Gasteiger partial charge in [-0.1, -0.05) is 91.0 Å². The number of carboxylic acid groups (broad SMARTS) is 1. The molecule has 2 N–H and O–H groups in total. The molecule has 4 nitrogen and oxygen atoms in total. The van der Waals surface area contributed by atoms with Gasteiger partial charge in [-0.15, -0.1) is 23.5 Å². The standard InChI is InChI=1S/C31H29F2NO3S2/c1-38-27-19-17-26(18-20-27)37-30(32,33)22-34-28(29(35)36)21-39-31(23-11-5-2-6-12-23,24-13-7-3-8-14-24)25-15-9-4-10-16-25/h2-20,28,34H,21-22H2,1H3,(H,35,36). The number of rotatable bonds is 13. The predicted molar refractivity (Wildman–Crippen MR) is 155 cm³/mol. The van der Waals surface area contributed by atoms with Crippen LogP contribution in [0.3, 0.4) is 0 Å². The van der Waals surface area contributed by atoms with Crippen molar-refractivity contribution >= 4 is 29.5 Å². The van der Waals surface area contributed by atoms with E-state index in [-0.39, 0.29) is 11.5 Å². The average Bonchev–Trinajstić information content (AvgIpc) is 2.96. The summed E-state index contributed by atoms with van der Waals surface area (Å²) in [6, 6.07) is 34.5. The lowest BCUT2D eigenvalue weighted by Gasteiger charge is -2.36. The lowest BCUT2D eigenvalue weighted by molar-refractivity contribution is -0.173. The van der Waals surface area contributed by atoms with Crippen molar-refractivity contribution in [3.63, 3.8) is 0 Å². The highest BCUT2D eigenvalue weighted by molar-refractivity contribution is 8.00. The fourth-order valence-corrected chi connectivity index (χ4v) is 6.28. The number of alkyl halides is 2. The van der Waals surface area contributed by atoms with Crippen LogP contribution >= 0.6 is 23.5 Å². The largest absolute Gasteiger partial charge is 0.480 e. The van der Waals surface area contributed by atoms with E-state index in [9.17, 15) is 18.7 Å². The predicted octanol–water partition coefficient (Wildman–Crippen LogP) is 7.15. The minimum absolute atomic E-state index is 0.0112. The SMILES string of the molecule is CSc1ccc(OC(F)(F)CNC(CSC(c2ccccc2)(c2ccccc2)c2ccccc2)C(=O)O)cc1. The van der Waals surface area contributed by atoms with Gasteiger partial charge in [0.25, 0.3) is 0 Å². The van der Waals surface area contributed by atoms with Crippen LogP contribution in [0.2, 0.25) is 0 Å². The number of hydrogen-bond acceptors (Lipinski definition) is 5. The van der Waals surface area contributed by atoms with Crippen molar-refractivity contribution in [3.8, 4) is 5.75 Å². The van der Waals surface area contributed by atoms with E-state index in [4.69, 9.17) is 4.74 Å². The molecule has 0 aromatic heterocycles. The second-order valence-electron chi connectivity index (χ2n) is 8.78. The van der Waals surface area contributed by atoms with Crippen molar-refractivity contribution in [2.24, 2.45) is 0 Å². The van der Waals surface area contributed by atoms with E-state index in [2.05, 4.69) is 5.32 Å². The average molecular weight is 566 g/mol. The van der Waals surface area contributed by atoms with Gasteiger partial charge in [0.1, 0.15) is 18.3 Å². The monoisotopic (exact) mass is 565 g/mol. The molecule has 0 amide bonds. The molecule has 202 valence electrons. The molecule has 0 radical (unpaired) electrons. The summed E-state index contributed by atoms with van der Waals surface area (Å²) < 4.78 is 33.5. The number of carbonyl (C=O) groups is 1. The van der Waals surface area contributed by atoms with Gasteiger partial charge in [0, 0.05) is 10.6 Å². The normalized spacial score (nSPS) is 12.6. The number of carboxylic acids is 1. The highest BCUT2D eigenvalue weighted by atomic mass is 32.2.